The van der Waals surface area contributed by atoms with Crippen molar-refractivity contribution in [2.75, 3.05) is 12.0 Å². The summed E-state index contributed by atoms with van der Waals surface area (Å²) in [7, 11) is 1.20. The normalized spacial score (nSPS) is 15.5. The maximum atomic E-state index is 12.8. The van der Waals surface area contributed by atoms with Gasteiger partial charge in [-0.2, -0.15) is 0 Å². The average Bonchev–Trinajstić information content (AvgIpc) is 2.66. The van der Waals surface area contributed by atoms with Crippen molar-refractivity contribution in [3.63, 3.8) is 0 Å². The fraction of sp³-hybridized carbons (Fsp3) is 0.0556. The van der Waals surface area contributed by atoms with Gasteiger partial charge in [-0.15, -0.1) is 0 Å². The molecule has 0 radical (unpaired) electrons. The van der Waals surface area contributed by atoms with Crippen LogP contribution in [0, 0.1) is 10.1 Å². The van der Waals surface area contributed by atoms with Crippen molar-refractivity contribution in [2.24, 2.45) is 0 Å². The number of para-hydroxylation sites is 1. The van der Waals surface area contributed by atoms with Gasteiger partial charge in [-0.3, -0.25) is 25.0 Å². The number of rotatable bonds is 4. The van der Waals surface area contributed by atoms with Crippen LogP contribution in [0.4, 0.5) is 16.2 Å². The highest BCUT2D eigenvalue weighted by Crippen LogP contribution is 2.36. The Bertz CT molecular complexity index is 1030. The summed E-state index contributed by atoms with van der Waals surface area (Å²) >= 11 is 0. The number of hydrogen-bond donors (Lipinski definition) is 2. The third-order valence-corrected chi connectivity index (χ3v) is 3.94. The van der Waals surface area contributed by atoms with Crippen LogP contribution in [-0.2, 0) is 9.59 Å². The van der Waals surface area contributed by atoms with E-state index in [0.29, 0.717) is 0 Å². The summed E-state index contributed by atoms with van der Waals surface area (Å²) in [6.45, 7) is 0. The highest BCUT2D eigenvalue weighted by Gasteiger charge is 2.37. The van der Waals surface area contributed by atoms with Gasteiger partial charge in [0.05, 0.1) is 23.8 Å². The highest BCUT2D eigenvalue weighted by atomic mass is 16.6. The van der Waals surface area contributed by atoms with Gasteiger partial charge in [0.2, 0.25) is 0 Å². The fourth-order valence-electron chi connectivity index (χ4n) is 2.61. The number of aromatic hydroxyl groups is 1. The second kappa shape index (κ2) is 7.19. The van der Waals surface area contributed by atoms with Crippen LogP contribution in [0.25, 0.3) is 6.08 Å². The van der Waals surface area contributed by atoms with Gasteiger partial charge in [0.1, 0.15) is 5.57 Å². The molecule has 0 bridgehead atoms. The van der Waals surface area contributed by atoms with Gasteiger partial charge in [0, 0.05) is 11.6 Å². The molecule has 1 fully saturated rings. The molecule has 10 heteroatoms. The number of methoxy groups -OCH3 is 1. The number of anilines is 1. The quantitative estimate of drug-likeness (QED) is 0.356. The first-order valence-corrected chi connectivity index (χ1v) is 7.85. The van der Waals surface area contributed by atoms with E-state index in [0.717, 1.165) is 23.1 Å². The maximum absolute atomic E-state index is 12.8. The Morgan fingerprint density at radius 3 is 2.46 bits per heavy atom. The topological polar surface area (TPSA) is 139 Å². The van der Waals surface area contributed by atoms with E-state index in [1.165, 1.54) is 19.2 Å². The first-order chi connectivity index (χ1) is 13.3. The number of phenols is 1. The van der Waals surface area contributed by atoms with Crippen LogP contribution in [0.15, 0.2) is 48.0 Å². The van der Waals surface area contributed by atoms with Crippen molar-refractivity contribution >= 4 is 35.3 Å². The molecule has 10 nitrogen and oxygen atoms in total. The van der Waals surface area contributed by atoms with Gasteiger partial charge in [-0.1, -0.05) is 18.2 Å². The molecule has 0 aliphatic carbocycles. The summed E-state index contributed by atoms with van der Waals surface area (Å²) in [4.78, 5) is 48.2. The van der Waals surface area contributed by atoms with E-state index in [1.54, 1.807) is 18.2 Å². The van der Waals surface area contributed by atoms with Crippen molar-refractivity contribution in [3.05, 3.63) is 63.7 Å². The smallest absolute Gasteiger partial charge is 0.335 e. The Balaban J connectivity index is 2.12. The molecule has 3 rings (SSSR count). The molecular weight excluding hydrogens is 370 g/mol. The summed E-state index contributed by atoms with van der Waals surface area (Å²) in [6.07, 6.45) is 0.963. The Labute approximate surface area is 157 Å². The van der Waals surface area contributed by atoms with Gasteiger partial charge in [-0.05, 0) is 18.2 Å². The molecule has 1 saturated heterocycles. The Kier molecular flexibility index (Phi) is 4.77. The molecule has 142 valence electrons. The summed E-state index contributed by atoms with van der Waals surface area (Å²) in [5.74, 6) is -2.64. The third-order valence-electron chi connectivity index (χ3n) is 3.94. The summed E-state index contributed by atoms with van der Waals surface area (Å²) in [6, 6.07) is 8.94. The Morgan fingerprint density at radius 1 is 1.18 bits per heavy atom. The van der Waals surface area contributed by atoms with Gasteiger partial charge >= 0.3 is 6.03 Å². The molecule has 1 aliphatic rings. The largest absolute Gasteiger partial charge is 0.504 e. The maximum Gasteiger partial charge on any atom is 0.335 e. The number of barbiturate groups is 1. The van der Waals surface area contributed by atoms with Crippen molar-refractivity contribution in [1.82, 2.24) is 5.32 Å². The number of ether oxygens (including phenoxy) is 1. The second-order valence-corrected chi connectivity index (χ2v) is 5.64. The fourth-order valence-corrected chi connectivity index (χ4v) is 2.61. The molecule has 28 heavy (non-hydrogen) atoms. The number of benzene rings is 2. The number of imide groups is 2. The Morgan fingerprint density at radius 2 is 1.86 bits per heavy atom. The van der Waals surface area contributed by atoms with Crippen LogP contribution in [0.2, 0.25) is 0 Å². The molecule has 0 spiro atoms. The number of amides is 4. The van der Waals surface area contributed by atoms with Crippen molar-refractivity contribution in [2.45, 2.75) is 0 Å². The van der Waals surface area contributed by atoms with E-state index in [9.17, 15) is 29.6 Å². The number of nitro groups is 1. The summed E-state index contributed by atoms with van der Waals surface area (Å²) in [5, 5.41) is 23.3. The minimum atomic E-state index is -0.993. The van der Waals surface area contributed by atoms with Gasteiger partial charge in [0.15, 0.2) is 11.5 Å². The molecule has 0 atom stereocenters. The third kappa shape index (κ3) is 3.26. The van der Waals surface area contributed by atoms with E-state index < -0.39 is 39.8 Å². The monoisotopic (exact) mass is 383 g/mol. The number of phenolic OH excluding ortho intramolecular Hbond substituents is 1. The summed E-state index contributed by atoms with van der Waals surface area (Å²) in [5.41, 5.74) is -0.862. The number of nitro benzene ring substituents is 1. The van der Waals surface area contributed by atoms with Crippen LogP contribution >= 0.6 is 0 Å². The first kappa shape index (κ1) is 18.6. The van der Waals surface area contributed by atoms with E-state index in [4.69, 9.17) is 4.74 Å². The lowest BCUT2D eigenvalue weighted by atomic mass is 10.0. The van der Waals surface area contributed by atoms with Crippen molar-refractivity contribution < 1.29 is 29.2 Å². The number of hydrogen-bond acceptors (Lipinski definition) is 7. The lowest BCUT2D eigenvalue weighted by Crippen LogP contribution is -2.54. The zero-order valence-electron chi connectivity index (χ0n) is 14.4. The average molecular weight is 383 g/mol. The molecule has 2 aromatic rings. The number of carbonyl (C=O) groups is 3. The summed E-state index contributed by atoms with van der Waals surface area (Å²) < 4.78 is 4.89. The van der Waals surface area contributed by atoms with Crippen LogP contribution in [0.1, 0.15) is 5.56 Å². The molecule has 1 heterocycles. The molecular formula is C18H13N3O7. The SMILES string of the molecule is COc1cc([N+](=O)[O-])cc(/C=C2\C(=O)NC(=O)N(c3ccccc3)C2=O)c1O. The molecule has 1 aliphatic heterocycles. The van der Waals surface area contributed by atoms with Crippen LogP contribution in [-0.4, -0.2) is 35.0 Å². The number of nitrogens with one attached hydrogen (secondary N) is 1. The first-order valence-electron chi connectivity index (χ1n) is 7.85. The van der Waals surface area contributed by atoms with Gasteiger partial charge in [-0.25, -0.2) is 9.69 Å². The Hall–Kier alpha value is -4.21. The predicted octanol–water partition coefficient (Wildman–Crippen LogP) is 1.98. The minimum absolute atomic E-state index is 0.188. The van der Waals surface area contributed by atoms with Crippen LogP contribution in [0.3, 0.4) is 0 Å². The van der Waals surface area contributed by atoms with Crippen molar-refractivity contribution in [1.29, 1.82) is 0 Å². The lowest BCUT2D eigenvalue weighted by Gasteiger charge is -2.26. The number of non-ortho nitro benzene ring substituents is 1. The number of urea groups is 1. The van der Waals surface area contributed by atoms with Crippen molar-refractivity contribution in [3.8, 4) is 11.5 Å². The van der Waals surface area contributed by atoms with Crippen LogP contribution in [0.5, 0.6) is 11.5 Å². The molecule has 0 aromatic heterocycles. The standard InChI is InChI=1S/C18H13N3O7/c1-28-14-9-12(21(26)27)7-10(15(14)22)8-13-16(23)19-18(25)20(17(13)24)11-5-3-2-4-6-11/h2-9,22H,1H3,(H,19,23,25)/b13-8+. The molecule has 0 saturated carbocycles. The van der Waals surface area contributed by atoms with E-state index in [1.807, 2.05) is 5.32 Å². The zero-order chi connectivity index (χ0) is 20.4. The van der Waals surface area contributed by atoms with E-state index in [2.05, 4.69) is 0 Å². The second-order valence-electron chi connectivity index (χ2n) is 5.64. The number of nitrogens with zero attached hydrogens (tertiary/aromatic N) is 2. The molecule has 0 unspecified atom stereocenters. The van der Waals surface area contributed by atoms with E-state index in [-0.39, 0.29) is 17.0 Å². The van der Waals surface area contributed by atoms with Crippen LogP contribution < -0.4 is 15.0 Å². The van der Waals surface area contributed by atoms with Gasteiger partial charge in [0.25, 0.3) is 17.5 Å². The van der Waals surface area contributed by atoms with E-state index >= 15 is 0 Å². The predicted molar refractivity (Wildman–Crippen MR) is 96.8 cm³/mol. The zero-order valence-corrected chi connectivity index (χ0v) is 14.4. The molecule has 2 aromatic carbocycles. The molecule has 2 N–H and O–H groups in total. The molecule has 4 amide bonds. The van der Waals surface area contributed by atoms with Gasteiger partial charge < -0.3 is 9.84 Å². The lowest BCUT2D eigenvalue weighted by molar-refractivity contribution is -0.385. The number of carbonyl (C=O) groups excluding carboxylic acids is 3. The highest BCUT2D eigenvalue weighted by molar-refractivity contribution is 6.39. The minimum Gasteiger partial charge on any atom is -0.504 e.